The van der Waals surface area contributed by atoms with Crippen LogP contribution >= 0.6 is 0 Å². The fraction of sp³-hybridized carbons (Fsp3) is 0.929. The standard InChI is InChI=1S/C14H31N2/c1-3-4-5-6-7-8-9-10-11-12-13-14(2,15)16/h2-13,15-16H2,1H3. The molecule has 0 aliphatic heterocycles. The van der Waals surface area contributed by atoms with Crippen LogP contribution in [0.2, 0.25) is 0 Å². The van der Waals surface area contributed by atoms with Gasteiger partial charge in [0.15, 0.2) is 0 Å². The van der Waals surface area contributed by atoms with Crippen molar-refractivity contribution in [1.29, 1.82) is 0 Å². The van der Waals surface area contributed by atoms with E-state index in [9.17, 15) is 0 Å². The second kappa shape index (κ2) is 10.1. The quantitative estimate of drug-likeness (QED) is 0.417. The zero-order valence-corrected chi connectivity index (χ0v) is 11.1. The topological polar surface area (TPSA) is 52.0 Å². The summed E-state index contributed by atoms with van der Waals surface area (Å²) < 4.78 is 0. The SMILES string of the molecule is [CH2]C(N)(N)CCCCCCCCCCCC. The molecule has 4 N–H and O–H groups in total. The first-order valence-electron chi connectivity index (χ1n) is 6.99. The molecule has 0 aromatic rings. The third-order valence-electron chi connectivity index (χ3n) is 3.00. The lowest BCUT2D eigenvalue weighted by Crippen LogP contribution is -2.46. The zero-order chi connectivity index (χ0) is 12.3. The van der Waals surface area contributed by atoms with E-state index in [-0.39, 0.29) is 0 Å². The minimum atomic E-state index is -0.708. The summed E-state index contributed by atoms with van der Waals surface area (Å²) in [6.45, 7) is 5.96. The fourth-order valence-electron chi connectivity index (χ4n) is 1.94. The molecule has 0 spiro atoms. The summed E-state index contributed by atoms with van der Waals surface area (Å²) in [5.74, 6) is 0. The van der Waals surface area contributed by atoms with Crippen LogP contribution in [0.1, 0.15) is 77.6 Å². The lowest BCUT2D eigenvalue weighted by molar-refractivity contribution is 0.459. The molecule has 0 aliphatic carbocycles. The molecule has 0 fully saturated rings. The highest BCUT2D eigenvalue weighted by Gasteiger charge is 2.09. The summed E-state index contributed by atoms with van der Waals surface area (Å²) in [4.78, 5) is 0. The Kier molecular flexibility index (Phi) is 10.0. The number of unbranched alkanes of at least 4 members (excludes halogenated alkanes) is 9. The second-order valence-corrected chi connectivity index (χ2v) is 5.17. The highest BCUT2D eigenvalue weighted by Crippen LogP contribution is 2.12. The molecular weight excluding hydrogens is 196 g/mol. The Balaban J connectivity index is 2.99. The van der Waals surface area contributed by atoms with Crippen LogP contribution in [0, 0.1) is 6.92 Å². The first-order chi connectivity index (χ1) is 7.56. The molecule has 0 saturated heterocycles. The third kappa shape index (κ3) is 13.9. The molecule has 0 aromatic heterocycles. The maximum absolute atomic E-state index is 5.61. The first kappa shape index (κ1) is 15.9. The van der Waals surface area contributed by atoms with Gasteiger partial charge in [-0.25, -0.2) is 0 Å². The molecule has 2 heteroatoms. The van der Waals surface area contributed by atoms with Crippen LogP contribution in [0.3, 0.4) is 0 Å². The van der Waals surface area contributed by atoms with Crippen LogP contribution < -0.4 is 11.5 Å². The van der Waals surface area contributed by atoms with Crippen LogP contribution in [0.15, 0.2) is 0 Å². The highest BCUT2D eigenvalue weighted by molar-refractivity contribution is 4.78. The molecule has 16 heavy (non-hydrogen) atoms. The van der Waals surface area contributed by atoms with Gasteiger partial charge in [-0.2, -0.15) is 0 Å². The van der Waals surface area contributed by atoms with Crippen molar-refractivity contribution < 1.29 is 0 Å². The van der Waals surface area contributed by atoms with Gasteiger partial charge in [-0.05, 0) is 13.3 Å². The van der Waals surface area contributed by atoms with Gasteiger partial charge in [0.05, 0.1) is 5.66 Å². The molecule has 0 amide bonds. The van der Waals surface area contributed by atoms with E-state index in [0.29, 0.717) is 0 Å². The predicted molar refractivity (Wildman–Crippen MR) is 72.9 cm³/mol. The number of rotatable bonds is 11. The molecule has 2 nitrogen and oxygen atoms in total. The van der Waals surface area contributed by atoms with Gasteiger partial charge in [0.25, 0.3) is 0 Å². The van der Waals surface area contributed by atoms with E-state index >= 15 is 0 Å². The summed E-state index contributed by atoms with van der Waals surface area (Å²) in [6, 6.07) is 0. The van der Waals surface area contributed by atoms with Gasteiger partial charge >= 0.3 is 0 Å². The van der Waals surface area contributed by atoms with Crippen LogP contribution in [-0.2, 0) is 0 Å². The Labute approximate surface area is 102 Å². The van der Waals surface area contributed by atoms with Crippen molar-refractivity contribution in [3.63, 3.8) is 0 Å². The van der Waals surface area contributed by atoms with E-state index in [1.807, 2.05) is 0 Å². The number of hydrogen-bond acceptors (Lipinski definition) is 2. The molecule has 0 unspecified atom stereocenters. The van der Waals surface area contributed by atoms with Crippen molar-refractivity contribution in [2.75, 3.05) is 0 Å². The van der Waals surface area contributed by atoms with Crippen LogP contribution in [0.25, 0.3) is 0 Å². The zero-order valence-electron chi connectivity index (χ0n) is 11.1. The van der Waals surface area contributed by atoms with Gasteiger partial charge < -0.3 is 11.5 Å². The summed E-state index contributed by atoms with van der Waals surface area (Å²) in [5, 5.41) is 0. The summed E-state index contributed by atoms with van der Waals surface area (Å²) in [5.41, 5.74) is 10.5. The van der Waals surface area contributed by atoms with Gasteiger partial charge in [-0.1, -0.05) is 71.1 Å². The molecule has 0 atom stereocenters. The van der Waals surface area contributed by atoms with Crippen molar-refractivity contribution in [1.82, 2.24) is 0 Å². The average molecular weight is 227 g/mol. The Hall–Kier alpha value is -0.0800. The molecule has 1 radical (unpaired) electrons. The molecular formula is C14H31N2. The van der Waals surface area contributed by atoms with Crippen LogP contribution in [-0.4, -0.2) is 5.66 Å². The Morgan fingerprint density at radius 2 is 1.12 bits per heavy atom. The van der Waals surface area contributed by atoms with E-state index < -0.39 is 5.66 Å². The number of hydrogen-bond donors (Lipinski definition) is 2. The van der Waals surface area contributed by atoms with Crippen molar-refractivity contribution in [2.24, 2.45) is 11.5 Å². The lowest BCUT2D eigenvalue weighted by atomic mass is 10.0. The monoisotopic (exact) mass is 227 g/mol. The fourth-order valence-corrected chi connectivity index (χ4v) is 1.94. The largest absolute Gasteiger partial charge is 0.313 e. The van der Waals surface area contributed by atoms with E-state index in [4.69, 9.17) is 11.5 Å². The van der Waals surface area contributed by atoms with Gasteiger partial charge in [-0.3, -0.25) is 0 Å². The van der Waals surface area contributed by atoms with Gasteiger partial charge in [0, 0.05) is 0 Å². The van der Waals surface area contributed by atoms with Crippen molar-refractivity contribution >= 4 is 0 Å². The molecule has 0 aromatic carbocycles. The normalized spacial score (nSPS) is 12.0. The second-order valence-electron chi connectivity index (χ2n) is 5.17. The van der Waals surface area contributed by atoms with Crippen molar-refractivity contribution in [3.05, 3.63) is 6.92 Å². The Morgan fingerprint density at radius 1 is 0.750 bits per heavy atom. The molecule has 0 aliphatic rings. The highest BCUT2D eigenvalue weighted by atomic mass is 14.9. The maximum atomic E-state index is 5.61. The van der Waals surface area contributed by atoms with E-state index in [1.165, 1.54) is 57.8 Å². The van der Waals surface area contributed by atoms with Crippen molar-refractivity contribution in [2.45, 2.75) is 83.2 Å². The maximum Gasteiger partial charge on any atom is 0.0637 e. The molecule has 97 valence electrons. The summed E-state index contributed by atoms with van der Waals surface area (Å²) in [6.07, 6.45) is 14.3. The molecule has 0 bridgehead atoms. The minimum absolute atomic E-state index is 0.708. The molecule has 0 heterocycles. The number of nitrogens with two attached hydrogens (primary N) is 2. The molecule has 0 rings (SSSR count). The Morgan fingerprint density at radius 3 is 1.50 bits per heavy atom. The van der Waals surface area contributed by atoms with Crippen molar-refractivity contribution in [3.8, 4) is 0 Å². The van der Waals surface area contributed by atoms with E-state index in [0.717, 1.165) is 12.8 Å². The average Bonchev–Trinajstić information content (AvgIpc) is 2.19. The lowest BCUT2D eigenvalue weighted by Gasteiger charge is -2.17. The van der Waals surface area contributed by atoms with Gasteiger partial charge in [0.2, 0.25) is 0 Å². The minimum Gasteiger partial charge on any atom is -0.313 e. The van der Waals surface area contributed by atoms with Gasteiger partial charge in [-0.15, -0.1) is 0 Å². The van der Waals surface area contributed by atoms with E-state index in [1.54, 1.807) is 0 Å². The smallest absolute Gasteiger partial charge is 0.0637 e. The van der Waals surface area contributed by atoms with E-state index in [2.05, 4.69) is 13.8 Å². The molecule has 0 saturated carbocycles. The van der Waals surface area contributed by atoms with Gasteiger partial charge in [0.1, 0.15) is 0 Å². The van der Waals surface area contributed by atoms with Crippen LogP contribution in [0.5, 0.6) is 0 Å². The Bertz CT molecular complexity index is 138. The third-order valence-corrected chi connectivity index (χ3v) is 3.00. The van der Waals surface area contributed by atoms with Crippen LogP contribution in [0.4, 0.5) is 0 Å². The first-order valence-corrected chi connectivity index (χ1v) is 6.99. The predicted octanol–water partition coefficient (Wildman–Crippen LogP) is 3.75. The summed E-state index contributed by atoms with van der Waals surface area (Å²) in [7, 11) is 0. The summed E-state index contributed by atoms with van der Waals surface area (Å²) >= 11 is 0.